The number of H-pyrrole nitrogens is 1. The molecule has 1 N–H and O–H groups in total. The van der Waals surface area contributed by atoms with Crippen molar-refractivity contribution in [3.63, 3.8) is 0 Å². The van der Waals surface area contributed by atoms with Gasteiger partial charge in [-0.3, -0.25) is 4.98 Å². The third-order valence-electron chi connectivity index (χ3n) is 3.69. The van der Waals surface area contributed by atoms with Crippen molar-refractivity contribution in [3.05, 3.63) is 54.4 Å². The molecular formula is C16H14N2. The number of nitrogens with zero attached hydrogens (tertiary/aromatic N) is 1. The number of rotatable bonds is 2. The minimum atomic E-state index is 0.775. The van der Waals surface area contributed by atoms with Gasteiger partial charge < -0.3 is 4.98 Å². The molecule has 2 heterocycles. The van der Waals surface area contributed by atoms with Crippen LogP contribution in [0.4, 0.5) is 0 Å². The Morgan fingerprint density at radius 3 is 2.78 bits per heavy atom. The van der Waals surface area contributed by atoms with E-state index in [0.717, 1.165) is 11.6 Å². The summed E-state index contributed by atoms with van der Waals surface area (Å²) >= 11 is 0. The predicted octanol–water partition coefficient (Wildman–Crippen LogP) is 4.11. The van der Waals surface area contributed by atoms with Crippen LogP contribution in [0.5, 0.6) is 0 Å². The molecule has 0 saturated heterocycles. The lowest BCUT2D eigenvalue weighted by Crippen LogP contribution is -1.86. The Kier molecular flexibility index (Phi) is 2.04. The summed E-state index contributed by atoms with van der Waals surface area (Å²) in [6.45, 7) is 0. The van der Waals surface area contributed by atoms with Gasteiger partial charge in [-0.25, -0.2) is 0 Å². The summed E-state index contributed by atoms with van der Waals surface area (Å²) in [7, 11) is 0. The summed E-state index contributed by atoms with van der Waals surface area (Å²) in [5.41, 5.74) is 4.78. The molecule has 0 bridgehead atoms. The molecule has 1 aliphatic rings. The number of pyridine rings is 1. The average Bonchev–Trinajstić information content (AvgIpc) is 3.17. The average molecular weight is 234 g/mol. The molecule has 88 valence electrons. The van der Waals surface area contributed by atoms with Crippen molar-refractivity contribution in [2.24, 2.45) is 0 Å². The zero-order chi connectivity index (χ0) is 11.9. The Morgan fingerprint density at radius 2 is 2.00 bits per heavy atom. The molecular weight excluding hydrogens is 220 g/mol. The number of aromatic amines is 1. The fraction of sp³-hybridized carbons (Fsp3) is 0.188. The molecule has 3 aromatic rings. The van der Waals surface area contributed by atoms with Gasteiger partial charge in [-0.05, 0) is 47.9 Å². The van der Waals surface area contributed by atoms with Gasteiger partial charge in [0.25, 0.3) is 0 Å². The summed E-state index contributed by atoms with van der Waals surface area (Å²) in [5.74, 6) is 0.775. The van der Waals surface area contributed by atoms with Crippen LogP contribution < -0.4 is 0 Å². The van der Waals surface area contributed by atoms with Crippen molar-refractivity contribution in [3.8, 4) is 11.3 Å². The fourth-order valence-corrected chi connectivity index (χ4v) is 2.44. The quantitative estimate of drug-likeness (QED) is 0.710. The van der Waals surface area contributed by atoms with E-state index in [4.69, 9.17) is 0 Å². The highest BCUT2D eigenvalue weighted by Gasteiger charge is 2.23. The first kappa shape index (κ1) is 9.89. The Balaban J connectivity index is 1.75. The van der Waals surface area contributed by atoms with Gasteiger partial charge in [0.05, 0.1) is 5.69 Å². The molecule has 2 heteroatoms. The highest BCUT2D eigenvalue weighted by atomic mass is 14.7. The maximum Gasteiger partial charge on any atom is 0.0702 e. The lowest BCUT2D eigenvalue weighted by Gasteiger charge is -2.03. The van der Waals surface area contributed by atoms with E-state index in [-0.39, 0.29) is 0 Å². The van der Waals surface area contributed by atoms with Crippen molar-refractivity contribution < 1.29 is 0 Å². The van der Waals surface area contributed by atoms with E-state index in [9.17, 15) is 0 Å². The highest BCUT2D eigenvalue weighted by Crippen LogP contribution is 2.39. The molecule has 0 amide bonds. The molecule has 0 radical (unpaired) electrons. The van der Waals surface area contributed by atoms with E-state index in [2.05, 4.69) is 46.4 Å². The van der Waals surface area contributed by atoms with Crippen molar-refractivity contribution in [1.29, 1.82) is 0 Å². The minimum absolute atomic E-state index is 0.775. The Morgan fingerprint density at radius 1 is 1.06 bits per heavy atom. The van der Waals surface area contributed by atoms with Gasteiger partial charge in [0.1, 0.15) is 0 Å². The zero-order valence-corrected chi connectivity index (χ0v) is 10.1. The fourth-order valence-electron chi connectivity index (χ4n) is 2.44. The van der Waals surface area contributed by atoms with Gasteiger partial charge in [-0.1, -0.05) is 18.2 Å². The molecule has 0 spiro atoms. The van der Waals surface area contributed by atoms with Gasteiger partial charge in [0.2, 0.25) is 0 Å². The second-order valence-electron chi connectivity index (χ2n) is 5.03. The second kappa shape index (κ2) is 3.70. The maximum atomic E-state index is 4.59. The van der Waals surface area contributed by atoms with Crippen LogP contribution in [0.1, 0.15) is 24.3 Å². The number of nitrogens with one attached hydrogen (secondary N) is 1. The molecule has 1 fully saturated rings. The highest BCUT2D eigenvalue weighted by molar-refractivity contribution is 5.84. The lowest BCUT2D eigenvalue weighted by atomic mass is 10.1. The van der Waals surface area contributed by atoms with E-state index < -0.39 is 0 Å². The van der Waals surface area contributed by atoms with Crippen molar-refractivity contribution in [2.45, 2.75) is 18.8 Å². The largest absolute Gasteiger partial charge is 0.361 e. The Hall–Kier alpha value is -2.09. The number of aromatic nitrogens is 2. The Bertz CT molecular complexity index is 690. The first-order valence-corrected chi connectivity index (χ1v) is 6.44. The maximum absolute atomic E-state index is 4.59. The molecule has 18 heavy (non-hydrogen) atoms. The summed E-state index contributed by atoms with van der Waals surface area (Å²) < 4.78 is 0. The zero-order valence-electron chi connectivity index (χ0n) is 10.1. The van der Waals surface area contributed by atoms with Gasteiger partial charge in [-0.15, -0.1) is 0 Å². The van der Waals surface area contributed by atoms with Crippen LogP contribution in [0.2, 0.25) is 0 Å². The third kappa shape index (κ3) is 1.61. The van der Waals surface area contributed by atoms with E-state index in [0.29, 0.717) is 0 Å². The molecule has 1 aromatic carbocycles. The van der Waals surface area contributed by atoms with Gasteiger partial charge in [0.15, 0.2) is 0 Å². The van der Waals surface area contributed by atoms with Crippen LogP contribution in [0, 0.1) is 0 Å². The Labute approximate surface area is 106 Å². The predicted molar refractivity (Wildman–Crippen MR) is 73.5 cm³/mol. The first-order chi connectivity index (χ1) is 8.90. The van der Waals surface area contributed by atoms with Crippen LogP contribution in [-0.4, -0.2) is 9.97 Å². The molecule has 0 unspecified atom stereocenters. The number of hydrogen-bond donors (Lipinski definition) is 1. The lowest BCUT2D eigenvalue weighted by molar-refractivity contribution is 1.10. The normalized spacial score (nSPS) is 15.1. The van der Waals surface area contributed by atoms with E-state index in [1.807, 2.05) is 12.4 Å². The molecule has 0 aliphatic heterocycles. The second-order valence-corrected chi connectivity index (χ2v) is 5.03. The van der Waals surface area contributed by atoms with Crippen LogP contribution in [0.15, 0.2) is 48.8 Å². The topological polar surface area (TPSA) is 28.7 Å². The van der Waals surface area contributed by atoms with Gasteiger partial charge in [0, 0.05) is 23.5 Å². The number of benzene rings is 1. The summed E-state index contributed by atoms with van der Waals surface area (Å²) in [4.78, 5) is 7.83. The SMILES string of the molecule is c1cc2ccc(-c3ccc(C4CC4)cn3)cc2[nH]1. The molecule has 0 atom stereocenters. The molecule has 1 saturated carbocycles. The van der Waals surface area contributed by atoms with Gasteiger partial charge in [-0.2, -0.15) is 0 Å². The van der Waals surface area contributed by atoms with Crippen molar-refractivity contribution in [2.75, 3.05) is 0 Å². The van der Waals surface area contributed by atoms with Gasteiger partial charge >= 0.3 is 0 Å². The van der Waals surface area contributed by atoms with Crippen molar-refractivity contribution in [1.82, 2.24) is 9.97 Å². The number of hydrogen-bond acceptors (Lipinski definition) is 1. The van der Waals surface area contributed by atoms with Crippen LogP contribution in [-0.2, 0) is 0 Å². The summed E-state index contributed by atoms with van der Waals surface area (Å²) in [6.07, 6.45) is 6.66. The molecule has 2 nitrogen and oxygen atoms in total. The molecule has 1 aliphatic carbocycles. The number of fused-ring (bicyclic) bond motifs is 1. The molecule has 4 rings (SSSR count). The van der Waals surface area contributed by atoms with Crippen LogP contribution in [0.25, 0.3) is 22.2 Å². The van der Waals surface area contributed by atoms with E-state index in [1.54, 1.807) is 0 Å². The monoisotopic (exact) mass is 234 g/mol. The molecule has 2 aromatic heterocycles. The van der Waals surface area contributed by atoms with Crippen molar-refractivity contribution >= 4 is 10.9 Å². The van der Waals surface area contributed by atoms with E-state index in [1.165, 1.54) is 34.9 Å². The summed E-state index contributed by atoms with van der Waals surface area (Å²) in [5, 5.41) is 1.24. The first-order valence-electron chi connectivity index (χ1n) is 6.44. The van der Waals surface area contributed by atoms with Crippen LogP contribution in [0.3, 0.4) is 0 Å². The standard InChI is InChI=1S/C16H14N2/c1-2-11(1)14-5-6-15(18-10-14)13-4-3-12-7-8-17-16(12)9-13/h3-11,17H,1-2H2. The third-order valence-corrected chi connectivity index (χ3v) is 3.69. The van der Waals surface area contributed by atoms with E-state index >= 15 is 0 Å². The van der Waals surface area contributed by atoms with Crippen LogP contribution >= 0.6 is 0 Å². The smallest absolute Gasteiger partial charge is 0.0702 e. The summed E-state index contributed by atoms with van der Waals surface area (Å²) in [6, 6.07) is 12.9. The minimum Gasteiger partial charge on any atom is -0.361 e.